The minimum atomic E-state index is -1.17. The fraction of sp³-hybridized carbons (Fsp3) is 0.429. The first-order valence-electron chi connectivity index (χ1n) is 12.8. The molecule has 2 aromatic rings. The number of nitrogens with zero attached hydrogens (tertiary/aromatic N) is 2. The maximum atomic E-state index is 14.0. The molecule has 2 bridgehead atoms. The fourth-order valence-electron chi connectivity index (χ4n) is 6.40. The maximum Gasteiger partial charge on any atom is 0.246 e. The standard InChI is InChI=1S/C28H30N4O4/c33-25(30-19-9-3-1-4-10-19)22-21-13-14-28(36-21)23(22)27(35)32(17-18-8-7-15-29-16-18)24(28)26(34)31-20-11-5-2-6-12-20/h1,3-4,7-10,13-16,20-24H,2,5-6,11-12,17H2,(H,30,33)(H,31,34)/t21-,22-,23-,24+,28-/m0/s1. The van der Waals surface area contributed by atoms with Gasteiger partial charge in [0.15, 0.2) is 0 Å². The maximum absolute atomic E-state index is 14.0. The molecule has 0 unspecified atom stereocenters. The zero-order valence-corrected chi connectivity index (χ0v) is 20.0. The SMILES string of the molecule is O=C(Nc1ccccc1)[C@H]1[C@@H]2C=C[C@]3(O2)[C@@H]1C(=O)N(Cc1cccnc1)[C@@H]3C(=O)NC1CCCCC1. The zero-order chi connectivity index (χ0) is 24.7. The van der Waals surface area contributed by atoms with Gasteiger partial charge in [-0.05, 0) is 36.6 Å². The Morgan fingerprint density at radius 3 is 2.61 bits per heavy atom. The van der Waals surface area contributed by atoms with E-state index in [1.165, 1.54) is 6.42 Å². The highest BCUT2D eigenvalue weighted by atomic mass is 16.5. The van der Waals surface area contributed by atoms with E-state index < -0.39 is 29.6 Å². The van der Waals surface area contributed by atoms with Crippen molar-refractivity contribution in [2.75, 3.05) is 5.32 Å². The second-order valence-electron chi connectivity index (χ2n) is 10.2. The van der Waals surface area contributed by atoms with Crippen molar-refractivity contribution in [3.8, 4) is 0 Å². The van der Waals surface area contributed by atoms with E-state index in [1.807, 2.05) is 54.6 Å². The van der Waals surface area contributed by atoms with Crippen molar-refractivity contribution in [1.29, 1.82) is 0 Å². The van der Waals surface area contributed by atoms with Gasteiger partial charge in [-0.2, -0.15) is 0 Å². The number of pyridine rings is 1. The molecule has 3 aliphatic heterocycles. The number of likely N-dealkylation sites (tertiary alicyclic amines) is 1. The van der Waals surface area contributed by atoms with Crippen LogP contribution in [0.4, 0.5) is 5.69 Å². The molecule has 3 amide bonds. The van der Waals surface area contributed by atoms with Crippen molar-refractivity contribution in [3.05, 3.63) is 72.6 Å². The van der Waals surface area contributed by atoms with Crippen LogP contribution in [0.1, 0.15) is 37.7 Å². The Hall–Kier alpha value is -3.52. The third-order valence-electron chi connectivity index (χ3n) is 7.99. The second-order valence-corrected chi connectivity index (χ2v) is 10.2. The summed E-state index contributed by atoms with van der Waals surface area (Å²) in [6.45, 7) is 0.225. The van der Waals surface area contributed by atoms with Gasteiger partial charge in [-0.1, -0.05) is 55.7 Å². The number of fused-ring (bicyclic) bond motifs is 1. The molecule has 186 valence electrons. The Morgan fingerprint density at radius 2 is 1.86 bits per heavy atom. The molecule has 1 saturated carbocycles. The lowest BCUT2D eigenvalue weighted by atomic mass is 9.74. The Morgan fingerprint density at radius 1 is 1.06 bits per heavy atom. The van der Waals surface area contributed by atoms with E-state index in [1.54, 1.807) is 17.3 Å². The smallest absolute Gasteiger partial charge is 0.246 e. The van der Waals surface area contributed by atoms with Crippen molar-refractivity contribution in [1.82, 2.24) is 15.2 Å². The van der Waals surface area contributed by atoms with Gasteiger partial charge in [0.2, 0.25) is 17.7 Å². The van der Waals surface area contributed by atoms with Crippen molar-refractivity contribution in [2.45, 2.75) is 62.4 Å². The van der Waals surface area contributed by atoms with Crippen LogP contribution in [0.2, 0.25) is 0 Å². The summed E-state index contributed by atoms with van der Waals surface area (Å²) in [6.07, 6.45) is 11.7. The van der Waals surface area contributed by atoms with Gasteiger partial charge in [-0.3, -0.25) is 19.4 Å². The van der Waals surface area contributed by atoms with Crippen LogP contribution in [0.5, 0.6) is 0 Å². The van der Waals surface area contributed by atoms with E-state index in [2.05, 4.69) is 15.6 Å². The van der Waals surface area contributed by atoms with Gasteiger partial charge >= 0.3 is 0 Å². The average molecular weight is 487 g/mol. The number of aromatic nitrogens is 1. The summed E-state index contributed by atoms with van der Waals surface area (Å²) < 4.78 is 6.41. The first kappa shape index (κ1) is 22.9. The van der Waals surface area contributed by atoms with Crippen LogP contribution in [0.15, 0.2) is 67.0 Å². The van der Waals surface area contributed by atoms with Crippen molar-refractivity contribution < 1.29 is 19.1 Å². The van der Waals surface area contributed by atoms with Gasteiger partial charge in [0.1, 0.15) is 11.6 Å². The Kier molecular flexibility index (Phi) is 5.84. The van der Waals surface area contributed by atoms with Crippen molar-refractivity contribution in [2.24, 2.45) is 11.8 Å². The van der Waals surface area contributed by atoms with Crippen LogP contribution in [0.25, 0.3) is 0 Å². The predicted octanol–water partition coefficient (Wildman–Crippen LogP) is 2.82. The molecule has 1 aliphatic carbocycles. The molecular weight excluding hydrogens is 456 g/mol. The van der Waals surface area contributed by atoms with Crippen LogP contribution in [0, 0.1) is 11.8 Å². The molecule has 3 fully saturated rings. The normalized spacial score (nSPS) is 30.9. The van der Waals surface area contributed by atoms with E-state index in [4.69, 9.17) is 4.74 Å². The number of hydrogen-bond acceptors (Lipinski definition) is 5. The lowest BCUT2D eigenvalue weighted by molar-refractivity contribution is -0.142. The highest BCUT2D eigenvalue weighted by molar-refractivity contribution is 6.02. The molecular formula is C28H30N4O4. The Bertz CT molecular complexity index is 1180. The summed E-state index contributed by atoms with van der Waals surface area (Å²) in [5.74, 6) is -2.20. The fourth-order valence-corrected chi connectivity index (χ4v) is 6.40. The lowest BCUT2D eigenvalue weighted by Crippen LogP contribution is -2.56. The molecule has 5 atom stereocenters. The molecule has 8 heteroatoms. The first-order chi connectivity index (χ1) is 17.6. The molecule has 2 N–H and O–H groups in total. The van der Waals surface area contributed by atoms with Crippen LogP contribution < -0.4 is 10.6 Å². The number of amides is 3. The number of carbonyl (C=O) groups is 3. The number of ether oxygens (including phenoxy) is 1. The van der Waals surface area contributed by atoms with Crippen molar-refractivity contribution >= 4 is 23.4 Å². The number of carbonyl (C=O) groups excluding carboxylic acids is 3. The van der Waals surface area contributed by atoms with Gasteiger partial charge in [-0.15, -0.1) is 0 Å². The molecule has 2 saturated heterocycles. The molecule has 8 nitrogen and oxygen atoms in total. The van der Waals surface area contributed by atoms with Crippen LogP contribution >= 0.6 is 0 Å². The number of nitrogens with one attached hydrogen (secondary N) is 2. The Balaban J connectivity index is 1.33. The summed E-state index contributed by atoms with van der Waals surface area (Å²) in [7, 11) is 0. The minimum Gasteiger partial charge on any atom is -0.359 e. The number of benzene rings is 1. The van der Waals surface area contributed by atoms with E-state index in [-0.39, 0.29) is 30.3 Å². The molecule has 1 aromatic heterocycles. The third kappa shape index (κ3) is 3.80. The molecule has 1 aromatic carbocycles. The zero-order valence-electron chi connectivity index (χ0n) is 20.0. The average Bonchev–Trinajstić information content (AvgIpc) is 3.53. The third-order valence-corrected chi connectivity index (χ3v) is 7.99. The van der Waals surface area contributed by atoms with Crippen LogP contribution in [0.3, 0.4) is 0 Å². The summed E-state index contributed by atoms with van der Waals surface area (Å²) in [6, 6.07) is 12.1. The number of rotatable bonds is 6. The summed E-state index contributed by atoms with van der Waals surface area (Å²) >= 11 is 0. The van der Waals surface area contributed by atoms with E-state index in [0.717, 1.165) is 31.2 Å². The minimum absolute atomic E-state index is 0.0943. The summed E-state index contributed by atoms with van der Waals surface area (Å²) in [4.78, 5) is 47.0. The first-order valence-corrected chi connectivity index (χ1v) is 12.8. The predicted molar refractivity (Wildman–Crippen MR) is 132 cm³/mol. The van der Waals surface area contributed by atoms with E-state index >= 15 is 0 Å². The van der Waals surface area contributed by atoms with Gasteiger partial charge in [0.05, 0.1) is 17.9 Å². The molecule has 6 rings (SSSR count). The van der Waals surface area contributed by atoms with Gasteiger partial charge in [-0.25, -0.2) is 0 Å². The van der Waals surface area contributed by atoms with E-state index in [0.29, 0.717) is 5.69 Å². The molecule has 36 heavy (non-hydrogen) atoms. The molecule has 4 heterocycles. The van der Waals surface area contributed by atoms with Crippen LogP contribution in [-0.2, 0) is 25.7 Å². The van der Waals surface area contributed by atoms with Gasteiger partial charge in [0, 0.05) is 30.7 Å². The van der Waals surface area contributed by atoms with Crippen LogP contribution in [-0.4, -0.2) is 51.4 Å². The number of anilines is 1. The Labute approximate surface area is 210 Å². The number of para-hydroxylation sites is 1. The summed E-state index contributed by atoms with van der Waals surface area (Å²) in [5.41, 5.74) is 0.315. The van der Waals surface area contributed by atoms with Gasteiger partial charge in [0.25, 0.3) is 0 Å². The highest BCUT2D eigenvalue weighted by Crippen LogP contribution is 2.55. The highest BCUT2D eigenvalue weighted by Gasteiger charge is 2.72. The second kappa shape index (κ2) is 9.17. The molecule has 1 spiro atoms. The lowest BCUT2D eigenvalue weighted by Gasteiger charge is -2.34. The number of hydrogen-bond donors (Lipinski definition) is 2. The molecule has 4 aliphatic rings. The van der Waals surface area contributed by atoms with Gasteiger partial charge < -0.3 is 20.3 Å². The summed E-state index contributed by atoms with van der Waals surface area (Å²) in [5, 5.41) is 6.15. The van der Waals surface area contributed by atoms with E-state index in [9.17, 15) is 14.4 Å². The monoisotopic (exact) mass is 486 g/mol. The quantitative estimate of drug-likeness (QED) is 0.612. The largest absolute Gasteiger partial charge is 0.359 e. The van der Waals surface area contributed by atoms with Crippen molar-refractivity contribution in [3.63, 3.8) is 0 Å². The molecule has 0 radical (unpaired) electrons. The topological polar surface area (TPSA) is 101 Å².